The summed E-state index contributed by atoms with van der Waals surface area (Å²) in [5.41, 5.74) is 0.852. The van der Waals surface area contributed by atoms with Gasteiger partial charge in [0.15, 0.2) is 0 Å². The maximum Gasteiger partial charge on any atom is 0.239 e. The number of amides is 2. The summed E-state index contributed by atoms with van der Waals surface area (Å²) in [4.78, 5) is 24.8. The molecule has 1 aromatic heterocycles. The number of rotatable bonds is 3. The van der Waals surface area contributed by atoms with Crippen molar-refractivity contribution in [1.29, 1.82) is 0 Å². The van der Waals surface area contributed by atoms with Gasteiger partial charge in [0.25, 0.3) is 0 Å². The van der Waals surface area contributed by atoms with E-state index in [1.54, 1.807) is 17.8 Å². The molecule has 1 saturated heterocycles. The lowest BCUT2D eigenvalue weighted by Gasteiger charge is -2.25. The first kappa shape index (κ1) is 12.6. The Morgan fingerprint density at radius 3 is 3.00 bits per heavy atom. The molecule has 98 valence electrons. The van der Waals surface area contributed by atoms with Crippen molar-refractivity contribution in [2.75, 3.05) is 31.5 Å². The second-order valence-electron chi connectivity index (χ2n) is 4.40. The highest BCUT2D eigenvalue weighted by atomic mass is 16.2. The molecular weight excluding hydrogens is 234 g/mol. The van der Waals surface area contributed by atoms with Crippen LogP contribution in [0.15, 0.2) is 6.07 Å². The standard InChI is InChI=1S/C11H17N5O2/c1-8-5-9(15(2)14-8)13-11(18)7-16-4-3-12-10(17)6-16/h5H,3-4,6-7H2,1-2H3,(H,12,17)(H,13,18). The molecule has 7 heteroatoms. The molecule has 0 atom stereocenters. The van der Waals surface area contributed by atoms with E-state index in [2.05, 4.69) is 15.7 Å². The molecule has 7 nitrogen and oxygen atoms in total. The maximum absolute atomic E-state index is 11.8. The first-order valence-corrected chi connectivity index (χ1v) is 5.84. The van der Waals surface area contributed by atoms with Crippen LogP contribution in [0.3, 0.4) is 0 Å². The van der Waals surface area contributed by atoms with Gasteiger partial charge in [-0.15, -0.1) is 0 Å². The monoisotopic (exact) mass is 251 g/mol. The zero-order chi connectivity index (χ0) is 13.1. The minimum absolute atomic E-state index is 0.0366. The van der Waals surface area contributed by atoms with E-state index in [0.29, 0.717) is 18.9 Å². The van der Waals surface area contributed by atoms with Gasteiger partial charge in [0.1, 0.15) is 5.82 Å². The first-order chi connectivity index (χ1) is 8.54. The van der Waals surface area contributed by atoms with E-state index in [1.165, 1.54) is 0 Å². The van der Waals surface area contributed by atoms with Gasteiger partial charge in [-0.3, -0.25) is 19.2 Å². The Bertz CT molecular complexity index is 468. The highest BCUT2D eigenvalue weighted by molar-refractivity contribution is 5.92. The number of aryl methyl sites for hydroxylation is 2. The van der Waals surface area contributed by atoms with Gasteiger partial charge in [-0.2, -0.15) is 5.10 Å². The largest absolute Gasteiger partial charge is 0.354 e. The van der Waals surface area contributed by atoms with Crippen molar-refractivity contribution in [2.45, 2.75) is 6.92 Å². The van der Waals surface area contributed by atoms with Crippen molar-refractivity contribution in [3.63, 3.8) is 0 Å². The first-order valence-electron chi connectivity index (χ1n) is 5.84. The Morgan fingerprint density at radius 2 is 2.39 bits per heavy atom. The molecule has 2 N–H and O–H groups in total. The zero-order valence-corrected chi connectivity index (χ0v) is 10.6. The van der Waals surface area contributed by atoms with Crippen LogP contribution in [-0.2, 0) is 16.6 Å². The van der Waals surface area contributed by atoms with E-state index in [9.17, 15) is 9.59 Å². The molecule has 2 rings (SSSR count). The molecule has 1 fully saturated rings. The summed E-state index contributed by atoms with van der Waals surface area (Å²) in [5, 5.41) is 9.65. The van der Waals surface area contributed by atoms with Crippen LogP contribution in [-0.4, -0.2) is 52.7 Å². The molecule has 2 amide bonds. The number of nitrogens with zero attached hydrogens (tertiary/aromatic N) is 3. The molecule has 0 aliphatic carbocycles. The fraction of sp³-hybridized carbons (Fsp3) is 0.545. The summed E-state index contributed by atoms with van der Waals surface area (Å²) in [5.74, 6) is 0.497. The lowest BCUT2D eigenvalue weighted by atomic mass is 10.3. The van der Waals surface area contributed by atoms with E-state index in [4.69, 9.17) is 0 Å². The van der Waals surface area contributed by atoms with Gasteiger partial charge >= 0.3 is 0 Å². The smallest absolute Gasteiger partial charge is 0.239 e. The molecule has 2 heterocycles. The number of aromatic nitrogens is 2. The number of hydrogen-bond donors (Lipinski definition) is 2. The second kappa shape index (κ2) is 5.18. The van der Waals surface area contributed by atoms with Crippen LogP contribution in [0.4, 0.5) is 5.82 Å². The minimum atomic E-state index is -0.132. The fourth-order valence-corrected chi connectivity index (χ4v) is 1.94. The van der Waals surface area contributed by atoms with Crippen molar-refractivity contribution >= 4 is 17.6 Å². The van der Waals surface area contributed by atoms with E-state index in [0.717, 1.165) is 5.69 Å². The summed E-state index contributed by atoms with van der Waals surface area (Å²) in [7, 11) is 1.77. The van der Waals surface area contributed by atoms with Crippen molar-refractivity contribution in [1.82, 2.24) is 20.0 Å². The Balaban J connectivity index is 1.88. The Kier molecular flexibility index (Phi) is 3.61. The second-order valence-corrected chi connectivity index (χ2v) is 4.40. The molecular formula is C11H17N5O2. The average Bonchev–Trinajstić information content (AvgIpc) is 2.57. The molecule has 1 aliphatic heterocycles. The van der Waals surface area contributed by atoms with Crippen LogP contribution >= 0.6 is 0 Å². The predicted molar refractivity (Wildman–Crippen MR) is 66.0 cm³/mol. The number of nitrogens with one attached hydrogen (secondary N) is 2. The zero-order valence-electron chi connectivity index (χ0n) is 10.6. The van der Waals surface area contributed by atoms with Crippen LogP contribution in [0, 0.1) is 6.92 Å². The molecule has 1 aliphatic rings. The van der Waals surface area contributed by atoms with Gasteiger partial charge < -0.3 is 10.6 Å². The number of carbonyl (C=O) groups is 2. The molecule has 0 radical (unpaired) electrons. The lowest BCUT2D eigenvalue weighted by Crippen LogP contribution is -2.49. The van der Waals surface area contributed by atoms with Crippen molar-refractivity contribution in [3.8, 4) is 0 Å². The van der Waals surface area contributed by atoms with Crippen LogP contribution in [0.25, 0.3) is 0 Å². The van der Waals surface area contributed by atoms with E-state index in [-0.39, 0.29) is 24.9 Å². The van der Waals surface area contributed by atoms with Crippen molar-refractivity contribution in [2.24, 2.45) is 7.05 Å². The number of piperazine rings is 1. The summed E-state index contributed by atoms with van der Waals surface area (Å²) in [6, 6.07) is 1.81. The third kappa shape index (κ3) is 3.07. The fourth-order valence-electron chi connectivity index (χ4n) is 1.94. The molecule has 1 aromatic rings. The van der Waals surface area contributed by atoms with Gasteiger partial charge in [0, 0.05) is 26.2 Å². The third-order valence-electron chi connectivity index (χ3n) is 2.75. The Hall–Kier alpha value is -1.89. The predicted octanol–water partition coefficient (Wildman–Crippen LogP) is -0.901. The maximum atomic E-state index is 11.8. The quantitative estimate of drug-likeness (QED) is 0.729. The van der Waals surface area contributed by atoms with Crippen LogP contribution in [0.1, 0.15) is 5.69 Å². The Morgan fingerprint density at radius 1 is 1.61 bits per heavy atom. The van der Waals surface area contributed by atoms with E-state index in [1.807, 2.05) is 11.8 Å². The van der Waals surface area contributed by atoms with E-state index < -0.39 is 0 Å². The topological polar surface area (TPSA) is 79.3 Å². The number of hydrogen-bond acceptors (Lipinski definition) is 4. The lowest BCUT2D eigenvalue weighted by molar-refractivity contribution is -0.125. The average molecular weight is 251 g/mol. The molecule has 0 bridgehead atoms. The SMILES string of the molecule is Cc1cc(NC(=O)CN2CCNC(=O)C2)n(C)n1. The van der Waals surface area contributed by atoms with Crippen molar-refractivity contribution in [3.05, 3.63) is 11.8 Å². The molecule has 0 spiro atoms. The molecule has 0 aromatic carbocycles. The van der Waals surface area contributed by atoms with Crippen LogP contribution in [0.2, 0.25) is 0 Å². The summed E-state index contributed by atoms with van der Waals surface area (Å²) < 4.78 is 1.62. The van der Waals surface area contributed by atoms with Gasteiger partial charge in [-0.25, -0.2) is 0 Å². The number of carbonyl (C=O) groups excluding carboxylic acids is 2. The third-order valence-corrected chi connectivity index (χ3v) is 2.75. The van der Waals surface area contributed by atoms with Gasteiger partial charge in [0.2, 0.25) is 11.8 Å². The molecule has 0 saturated carbocycles. The highest BCUT2D eigenvalue weighted by Crippen LogP contribution is 2.07. The summed E-state index contributed by atoms with van der Waals surface area (Å²) >= 11 is 0. The number of anilines is 1. The van der Waals surface area contributed by atoms with Crippen molar-refractivity contribution < 1.29 is 9.59 Å². The van der Waals surface area contributed by atoms with Crippen LogP contribution < -0.4 is 10.6 Å². The van der Waals surface area contributed by atoms with E-state index >= 15 is 0 Å². The normalized spacial score (nSPS) is 16.4. The van der Waals surface area contributed by atoms with Crippen LogP contribution in [0.5, 0.6) is 0 Å². The van der Waals surface area contributed by atoms with Gasteiger partial charge in [-0.1, -0.05) is 0 Å². The van der Waals surface area contributed by atoms with Gasteiger partial charge in [0.05, 0.1) is 18.8 Å². The Labute approximate surface area is 105 Å². The summed E-state index contributed by atoms with van der Waals surface area (Å²) in [6.45, 7) is 3.65. The summed E-state index contributed by atoms with van der Waals surface area (Å²) in [6.07, 6.45) is 0. The highest BCUT2D eigenvalue weighted by Gasteiger charge is 2.18. The molecule has 18 heavy (non-hydrogen) atoms. The molecule has 0 unspecified atom stereocenters. The minimum Gasteiger partial charge on any atom is -0.354 e. The van der Waals surface area contributed by atoms with Gasteiger partial charge in [-0.05, 0) is 6.92 Å².